The number of nitrogens with one attached hydrogen (secondary N) is 1. The molecule has 0 amide bonds. The van der Waals surface area contributed by atoms with Gasteiger partial charge in [-0.05, 0) is 70.1 Å². The molecule has 1 aliphatic rings. The van der Waals surface area contributed by atoms with Gasteiger partial charge in [-0.1, -0.05) is 18.0 Å². The minimum atomic E-state index is 0.752. The Hall–Kier alpha value is -0.770. The lowest BCUT2D eigenvalue weighted by atomic mass is 9.99. The van der Waals surface area contributed by atoms with Crippen LogP contribution in [0.5, 0.6) is 5.75 Å². The number of benzene rings is 1. The van der Waals surface area contributed by atoms with Crippen molar-refractivity contribution in [2.75, 3.05) is 33.3 Å². The number of rotatable bonds is 8. The van der Waals surface area contributed by atoms with Crippen molar-refractivity contribution in [3.8, 4) is 5.75 Å². The molecule has 1 fully saturated rings. The van der Waals surface area contributed by atoms with Crippen LogP contribution in [0.3, 0.4) is 0 Å². The zero-order valence-electron chi connectivity index (χ0n) is 13.0. The van der Waals surface area contributed by atoms with Crippen LogP contribution < -0.4 is 10.1 Å². The standard InChI is InChI=1S/C17H27ClN2O/c1-19-11-10-16-5-2-3-12-20(16)13-4-14-21-17-8-6-15(18)7-9-17/h6-9,16,19H,2-5,10-14H2,1H3. The Kier molecular flexibility index (Phi) is 7.34. The molecule has 2 rings (SSSR count). The van der Waals surface area contributed by atoms with Gasteiger partial charge in [-0.2, -0.15) is 0 Å². The largest absolute Gasteiger partial charge is 0.494 e. The normalized spacial score (nSPS) is 19.6. The van der Waals surface area contributed by atoms with E-state index >= 15 is 0 Å². The van der Waals surface area contributed by atoms with E-state index < -0.39 is 0 Å². The highest BCUT2D eigenvalue weighted by Gasteiger charge is 2.21. The average molecular weight is 311 g/mol. The van der Waals surface area contributed by atoms with Crippen molar-refractivity contribution in [2.24, 2.45) is 0 Å². The molecule has 1 N–H and O–H groups in total. The molecule has 4 heteroatoms. The Labute approximate surface area is 133 Å². The predicted octanol–water partition coefficient (Wildman–Crippen LogP) is 3.57. The van der Waals surface area contributed by atoms with Gasteiger partial charge in [0, 0.05) is 17.6 Å². The van der Waals surface area contributed by atoms with Gasteiger partial charge in [-0.15, -0.1) is 0 Å². The fourth-order valence-corrected chi connectivity index (χ4v) is 3.11. The molecule has 0 radical (unpaired) electrons. The first-order valence-electron chi connectivity index (χ1n) is 8.06. The summed E-state index contributed by atoms with van der Waals surface area (Å²) in [5, 5.41) is 4.02. The molecule has 118 valence electrons. The van der Waals surface area contributed by atoms with Crippen LogP contribution in [0.1, 0.15) is 32.1 Å². The molecule has 1 atom stereocenters. The predicted molar refractivity (Wildman–Crippen MR) is 89.3 cm³/mol. The fourth-order valence-electron chi connectivity index (χ4n) is 2.98. The summed E-state index contributed by atoms with van der Waals surface area (Å²) in [7, 11) is 2.03. The molecular weight excluding hydrogens is 284 g/mol. The van der Waals surface area contributed by atoms with Gasteiger partial charge in [-0.25, -0.2) is 0 Å². The van der Waals surface area contributed by atoms with Crippen molar-refractivity contribution in [1.29, 1.82) is 0 Å². The third kappa shape index (κ3) is 5.85. The molecule has 3 nitrogen and oxygen atoms in total. The van der Waals surface area contributed by atoms with Crippen molar-refractivity contribution in [1.82, 2.24) is 10.2 Å². The Bertz CT molecular complexity index is 396. The summed E-state index contributed by atoms with van der Waals surface area (Å²) >= 11 is 5.86. The summed E-state index contributed by atoms with van der Waals surface area (Å²) in [6.45, 7) is 4.27. The van der Waals surface area contributed by atoms with E-state index in [1.807, 2.05) is 31.3 Å². The van der Waals surface area contributed by atoms with E-state index in [2.05, 4.69) is 10.2 Å². The van der Waals surface area contributed by atoms with Crippen LogP contribution in [0.15, 0.2) is 24.3 Å². The topological polar surface area (TPSA) is 24.5 Å². The van der Waals surface area contributed by atoms with Crippen LogP contribution in [0.25, 0.3) is 0 Å². The van der Waals surface area contributed by atoms with E-state index in [9.17, 15) is 0 Å². The van der Waals surface area contributed by atoms with Gasteiger partial charge in [0.15, 0.2) is 0 Å². The maximum atomic E-state index is 5.86. The van der Waals surface area contributed by atoms with Crippen LogP contribution >= 0.6 is 11.6 Å². The Morgan fingerprint density at radius 3 is 2.86 bits per heavy atom. The van der Waals surface area contributed by atoms with E-state index in [4.69, 9.17) is 16.3 Å². The summed E-state index contributed by atoms with van der Waals surface area (Å²) in [4.78, 5) is 2.64. The van der Waals surface area contributed by atoms with Gasteiger partial charge in [0.2, 0.25) is 0 Å². The van der Waals surface area contributed by atoms with Crippen molar-refractivity contribution >= 4 is 11.6 Å². The maximum absolute atomic E-state index is 5.86. The van der Waals surface area contributed by atoms with Crippen LogP contribution in [0.4, 0.5) is 0 Å². The lowest BCUT2D eigenvalue weighted by Crippen LogP contribution is -2.41. The summed E-state index contributed by atoms with van der Waals surface area (Å²) in [5.74, 6) is 0.907. The molecule has 0 spiro atoms. The molecule has 0 saturated carbocycles. The highest BCUT2D eigenvalue weighted by molar-refractivity contribution is 6.30. The quantitative estimate of drug-likeness (QED) is 0.743. The summed E-state index contributed by atoms with van der Waals surface area (Å²) in [6, 6.07) is 8.35. The van der Waals surface area contributed by atoms with E-state index in [1.165, 1.54) is 32.2 Å². The van der Waals surface area contributed by atoms with Crippen LogP contribution in [-0.2, 0) is 0 Å². The molecule has 0 bridgehead atoms. The van der Waals surface area contributed by atoms with Gasteiger partial charge < -0.3 is 15.0 Å². The fraction of sp³-hybridized carbons (Fsp3) is 0.647. The molecule has 1 aliphatic heterocycles. The molecule has 0 aromatic heterocycles. The molecule has 1 heterocycles. The van der Waals surface area contributed by atoms with Gasteiger partial charge >= 0.3 is 0 Å². The Balaban J connectivity index is 1.67. The first-order valence-corrected chi connectivity index (χ1v) is 8.44. The molecule has 1 unspecified atom stereocenters. The molecule has 21 heavy (non-hydrogen) atoms. The number of hydrogen-bond donors (Lipinski definition) is 1. The van der Waals surface area contributed by atoms with E-state index in [0.717, 1.165) is 42.9 Å². The van der Waals surface area contributed by atoms with Crippen molar-refractivity contribution in [3.05, 3.63) is 29.3 Å². The summed E-state index contributed by atoms with van der Waals surface area (Å²) < 4.78 is 5.77. The second-order valence-electron chi connectivity index (χ2n) is 5.73. The smallest absolute Gasteiger partial charge is 0.119 e. The second-order valence-corrected chi connectivity index (χ2v) is 6.17. The van der Waals surface area contributed by atoms with Crippen molar-refractivity contribution in [3.63, 3.8) is 0 Å². The third-order valence-corrected chi connectivity index (χ3v) is 4.40. The van der Waals surface area contributed by atoms with Gasteiger partial charge in [0.25, 0.3) is 0 Å². The molecule has 1 saturated heterocycles. The van der Waals surface area contributed by atoms with E-state index in [0.29, 0.717) is 0 Å². The van der Waals surface area contributed by atoms with E-state index in [1.54, 1.807) is 0 Å². The van der Waals surface area contributed by atoms with Crippen LogP contribution in [-0.4, -0.2) is 44.2 Å². The first kappa shape index (κ1) is 16.6. The lowest BCUT2D eigenvalue weighted by molar-refractivity contribution is 0.130. The molecule has 0 aliphatic carbocycles. The maximum Gasteiger partial charge on any atom is 0.119 e. The Morgan fingerprint density at radius 2 is 2.10 bits per heavy atom. The van der Waals surface area contributed by atoms with E-state index in [-0.39, 0.29) is 0 Å². The number of nitrogens with zero attached hydrogens (tertiary/aromatic N) is 1. The Morgan fingerprint density at radius 1 is 1.29 bits per heavy atom. The zero-order chi connectivity index (χ0) is 14.9. The minimum absolute atomic E-state index is 0.752. The summed E-state index contributed by atoms with van der Waals surface area (Å²) in [5.41, 5.74) is 0. The van der Waals surface area contributed by atoms with Crippen LogP contribution in [0.2, 0.25) is 5.02 Å². The van der Waals surface area contributed by atoms with Gasteiger partial charge in [0.1, 0.15) is 5.75 Å². The molecule has 1 aromatic carbocycles. The van der Waals surface area contributed by atoms with Crippen molar-refractivity contribution in [2.45, 2.75) is 38.1 Å². The highest BCUT2D eigenvalue weighted by Crippen LogP contribution is 2.20. The third-order valence-electron chi connectivity index (χ3n) is 4.15. The van der Waals surface area contributed by atoms with Crippen LogP contribution in [0, 0.1) is 0 Å². The SMILES string of the molecule is CNCCC1CCCCN1CCCOc1ccc(Cl)cc1. The minimum Gasteiger partial charge on any atom is -0.494 e. The number of piperidine rings is 1. The second kappa shape index (κ2) is 9.29. The monoisotopic (exact) mass is 310 g/mol. The van der Waals surface area contributed by atoms with Gasteiger partial charge in [0.05, 0.1) is 6.61 Å². The van der Waals surface area contributed by atoms with Gasteiger partial charge in [-0.3, -0.25) is 0 Å². The zero-order valence-corrected chi connectivity index (χ0v) is 13.7. The molecular formula is C17H27ClN2O. The number of ether oxygens (including phenoxy) is 1. The number of hydrogen-bond acceptors (Lipinski definition) is 3. The molecule has 1 aromatic rings. The first-order chi connectivity index (χ1) is 10.3. The average Bonchev–Trinajstić information content (AvgIpc) is 2.52. The highest BCUT2D eigenvalue weighted by atomic mass is 35.5. The number of likely N-dealkylation sites (tertiary alicyclic amines) is 1. The van der Waals surface area contributed by atoms with Crippen molar-refractivity contribution < 1.29 is 4.74 Å². The lowest BCUT2D eigenvalue weighted by Gasteiger charge is -2.35. The number of halogens is 1. The summed E-state index contributed by atoms with van der Waals surface area (Å²) in [6.07, 6.45) is 6.41.